The summed E-state index contributed by atoms with van der Waals surface area (Å²) in [5.41, 5.74) is 1.87. The molecule has 0 bridgehead atoms. The van der Waals surface area contributed by atoms with E-state index in [0.717, 1.165) is 21.8 Å². The van der Waals surface area contributed by atoms with E-state index in [1.54, 1.807) is 12.4 Å². The molecule has 4 rings (SSSR count). The van der Waals surface area contributed by atoms with Gasteiger partial charge in [-0.25, -0.2) is 0 Å². The van der Waals surface area contributed by atoms with Crippen LogP contribution in [-0.2, 0) is 21.1 Å². The number of hydrogen-bond donors (Lipinski definition) is 0. The SMILES string of the molecule is [Pt].[c-]1cccc2c1c1nccnc1c1ccccc21. The van der Waals surface area contributed by atoms with Gasteiger partial charge in [0.2, 0.25) is 0 Å². The van der Waals surface area contributed by atoms with Crippen LogP contribution in [0, 0.1) is 6.07 Å². The largest absolute Gasteiger partial charge is 0.301 e. The molecule has 0 aliphatic carbocycles. The van der Waals surface area contributed by atoms with Crippen molar-refractivity contribution in [1.29, 1.82) is 0 Å². The van der Waals surface area contributed by atoms with Crippen molar-refractivity contribution in [1.82, 2.24) is 9.97 Å². The molecule has 0 fully saturated rings. The first-order valence-electron chi connectivity index (χ1n) is 5.87. The van der Waals surface area contributed by atoms with Crippen LogP contribution in [0.25, 0.3) is 32.6 Å². The third-order valence-corrected chi connectivity index (χ3v) is 3.26. The third-order valence-electron chi connectivity index (χ3n) is 3.26. The Morgan fingerprint density at radius 1 is 0.737 bits per heavy atom. The molecule has 3 aromatic carbocycles. The summed E-state index contributed by atoms with van der Waals surface area (Å²) in [6.45, 7) is 0. The Morgan fingerprint density at radius 3 is 2.26 bits per heavy atom. The topological polar surface area (TPSA) is 25.8 Å². The Kier molecular flexibility index (Phi) is 3.04. The van der Waals surface area contributed by atoms with Crippen molar-refractivity contribution in [3.63, 3.8) is 0 Å². The molecule has 0 unspecified atom stereocenters. The van der Waals surface area contributed by atoms with E-state index in [0.29, 0.717) is 0 Å². The van der Waals surface area contributed by atoms with Crippen LogP contribution in [0.2, 0.25) is 0 Å². The molecule has 0 N–H and O–H groups in total. The molecule has 2 nitrogen and oxygen atoms in total. The molecule has 1 aromatic heterocycles. The molecular formula is C16H9N2Pt-. The molecule has 0 aliphatic heterocycles. The Balaban J connectivity index is 0.00000110. The second-order valence-corrected chi connectivity index (χ2v) is 4.26. The van der Waals surface area contributed by atoms with E-state index in [2.05, 4.69) is 40.3 Å². The van der Waals surface area contributed by atoms with Gasteiger partial charge in [-0.2, -0.15) is 0 Å². The van der Waals surface area contributed by atoms with Gasteiger partial charge in [-0.15, -0.1) is 29.7 Å². The molecule has 0 saturated heterocycles. The van der Waals surface area contributed by atoms with Crippen molar-refractivity contribution in [2.75, 3.05) is 0 Å². The maximum absolute atomic E-state index is 4.48. The fourth-order valence-electron chi connectivity index (χ4n) is 2.50. The van der Waals surface area contributed by atoms with Gasteiger partial charge in [0, 0.05) is 39.0 Å². The molecule has 0 aliphatic rings. The average molecular weight is 424 g/mol. The zero-order valence-electron chi connectivity index (χ0n) is 9.91. The molecule has 0 saturated carbocycles. The normalized spacial score (nSPS) is 10.7. The molecule has 0 amide bonds. The molecule has 0 atom stereocenters. The van der Waals surface area contributed by atoms with E-state index in [-0.39, 0.29) is 21.1 Å². The molecule has 3 heteroatoms. The smallest absolute Gasteiger partial charge is 0.0545 e. The number of nitrogens with zero attached hydrogens (tertiary/aromatic N) is 2. The fraction of sp³-hybridized carbons (Fsp3) is 0. The van der Waals surface area contributed by atoms with Gasteiger partial charge in [0.05, 0.1) is 5.52 Å². The predicted molar refractivity (Wildman–Crippen MR) is 73.4 cm³/mol. The summed E-state index contributed by atoms with van der Waals surface area (Å²) < 4.78 is 0. The number of benzene rings is 3. The van der Waals surface area contributed by atoms with Crippen LogP contribution in [0.5, 0.6) is 0 Å². The predicted octanol–water partition coefficient (Wildman–Crippen LogP) is 3.73. The average Bonchev–Trinajstić information content (AvgIpc) is 2.48. The molecule has 94 valence electrons. The first-order valence-corrected chi connectivity index (χ1v) is 5.87. The van der Waals surface area contributed by atoms with Gasteiger partial charge in [-0.3, -0.25) is 4.98 Å². The summed E-state index contributed by atoms with van der Waals surface area (Å²) in [5.74, 6) is 0. The van der Waals surface area contributed by atoms with Gasteiger partial charge < -0.3 is 4.98 Å². The van der Waals surface area contributed by atoms with Crippen molar-refractivity contribution in [3.8, 4) is 0 Å². The van der Waals surface area contributed by atoms with Crippen LogP contribution in [0.1, 0.15) is 0 Å². The number of rotatable bonds is 0. The van der Waals surface area contributed by atoms with Crippen molar-refractivity contribution in [2.45, 2.75) is 0 Å². The van der Waals surface area contributed by atoms with Crippen LogP contribution in [-0.4, -0.2) is 9.97 Å². The number of fused-ring (bicyclic) bond motifs is 6. The maximum Gasteiger partial charge on any atom is 0.0545 e. The summed E-state index contributed by atoms with van der Waals surface area (Å²) in [6, 6.07) is 17.6. The van der Waals surface area contributed by atoms with E-state index < -0.39 is 0 Å². The van der Waals surface area contributed by atoms with E-state index in [9.17, 15) is 0 Å². The monoisotopic (exact) mass is 424 g/mol. The summed E-state index contributed by atoms with van der Waals surface area (Å²) in [5, 5.41) is 4.57. The van der Waals surface area contributed by atoms with Crippen molar-refractivity contribution < 1.29 is 21.1 Å². The number of hydrogen-bond acceptors (Lipinski definition) is 2. The third kappa shape index (κ3) is 1.75. The zero-order valence-corrected chi connectivity index (χ0v) is 12.2. The van der Waals surface area contributed by atoms with Crippen LogP contribution in [0.15, 0.2) is 54.9 Å². The minimum atomic E-state index is 0. The van der Waals surface area contributed by atoms with Crippen LogP contribution in [0.3, 0.4) is 0 Å². The minimum absolute atomic E-state index is 0. The van der Waals surface area contributed by atoms with Gasteiger partial charge in [0.25, 0.3) is 0 Å². The molecule has 19 heavy (non-hydrogen) atoms. The zero-order chi connectivity index (χ0) is 11.9. The molecule has 0 spiro atoms. The standard InChI is InChI=1S/C16H9N2.Pt/c1-3-7-13-11(5-1)12-6-2-4-8-14(12)16-15(13)17-9-10-18-16;/h1-7,9-10H;/q-1;. The van der Waals surface area contributed by atoms with Crippen LogP contribution in [0.4, 0.5) is 0 Å². The summed E-state index contributed by atoms with van der Waals surface area (Å²) >= 11 is 0. The summed E-state index contributed by atoms with van der Waals surface area (Å²) in [7, 11) is 0. The van der Waals surface area contributed by atoms with Gasteiger partial charge in [-0.05, 0) is 5.39 Å². The Morgan fingerprint density at radius 2 is 1.42 bits per heavy atom. The van der Waals surface area contributed by atoms with E-state index in [4.69, 9.17) is 0 Å². The van der Waals surface area contributed by atoms with E-state index in [1.165, 1.54) is 10.8 Å². The van der Waals surface area contributed by atoms with Crippen LogP contribution >= 0.6 is 0 Å². The second-order valence-electron chi connectivity index (χ2n) is 4.26. The van der Waals surface area contributed by atoms with Crippen LogP contribution < -0.4 is 0 Å². The van der Waals surface area contributed by atoms with Crippen molar-refractivity contribution in [2.24, 2.45) is 0 Å². The Bertz CT molecular complexity index is 666. The van der Waals surface area contributed by atoms with Gasteiger partial charge in [0.1, 0.15) is 0 Å². The molecule has 4 aromatic rings. The van der Waals surface area contributed by atoms with E-state index >= 15 is 0 Å². The Labute approximate surface area is 124 Å². The first-order chi connectivity index (χ1) is 8.95. The summed E-state index contributed by atoms with van der Waals surface area (Å²) in [4.78, 5) is 8.94. The number of aromatic nitrogens is 2. The summed E-state index contributed by atoms with van der Waals surface area (Å²) in [6.07, 6.45) is 3.47. The van der Waals surface area contributed by atoms with Gasteiger partial charge >= 0.3 is 0 Å². The van der Waals surface area contributed by atoms with Crippen molar-refractivity contribution >= 4 is 32.6 Å². The quantitative estimate of drug-likeness (QED) is 0.318. The second kappa shape index (κ2) is 4.71. The molecule has 1 heterocycles. The van der Waals surface area contributed by atoms with Gasteiger partial charge in [0.15, 0.2) is 0 Å². The fourth-order valence-corrected chi connectivity index (χ4v) is 2.50. The molecular weight excluding hydrogens is 415 g/mol. The first kappa shape index (κ1) is 12.3. The van der Waals surface area contributed by atoms with E-state index in [1.807, 2.05) is 18.2 Å². The minimum Gasteiger partial charge on any atom is -0.301 e. The Hall–Kier alpha value is -1.79. The van der Waals surface area contributed by atoms with Gasteiger partial charge in [-0.1, -0.05) is 35.0 Å². The maximum atomic E-state index is 4.48. The molecule has 0 radical (unpaired) electrons. The van der Waals surface area contributed by atoms with Crippen molar-refractivity contribution in [3.05, 3.63) is 60.9 Å².